The molecule has 2 aromatic rings. The molecule has 23 heavy (non-hydrogen) atoms. The molecule has 0 aliphatic heterocycles. The molecule has 4 heteroatoms. The predicted molar refractivity (Wildman–Crippen MR) is 93.8 cm³/mol. The highest BCUT2D eigenvalue weighted by Gasteiger charge is 2.37. The third-order valence-electron chi connectivity index (χ3n) is 5.26. The Balaban J connectivity index is 1.51. The molecule has 2 atom stereocenters. The summed E-state index contributed by atoms with van der Waals surface area (Å²) >= 11 is 1.86. The van der Waals surface area contributed by atoms with E-state index in [1.54, 1.807) is 0 Å². The van der Waals surface area contributed by atoms with E-state index < -0.39 is 5.60 Å². The lowest BCUT2D eigenvalue weighted by Gasteiger charge is -2.29. The first kappa shape index (κ1) is 15.3. The van der Waals surface area contributed by atoms with Gasteiger partial charge in [0.1, 0.15) is 5.60 Å². The SMILES string of the molecule is CCc1nc2c(s1)C(NCC1(O)CCc3ccccc31)CCC2. The molecule has 1 heterocycles. The third kappa shape index (κ3) is 2.73. The molecule has 0 radical (unpaired) electrons. The molecule has 4 rings (SSSR count). The monoisotopic (exact) mass is 328 g/mol. The highest BCUT2D eigenvalue weighted by molar-refractivity contribution is 7.11. The van der Waals surface area contributed by atoms with Crippen molar-refractivity contribution in [1.29, 1.82) is 0 Å². The molecule has 0 saturated heterocycles. The number of aryl methyl sites for hydroxylation is 3. The number of hydrogen-bond acceptors (Lipinski definition) is 4. The largest absolute Gasteiger partial charge is 0.384 e. The second kappa shape index (κ2) is 6.00. The summed E-state index contributed by atoms with van der Waals surface area (Å²) in [6, 6.07) is 8.67. The molecule has 3 nitrogen and oxygen atoms in total. The van der Waals surface area contributed by atoms with Crippen molar-refractivity contribution >= 4 is 11.3 Å². The van der Waals surface area contributed by atoms with Gasteiger partial charge >= 0.3 is 0 Å². The Morgan fingerprint density at radius 2 is 2.22 bits per heavy atom. The van der Waals surface area contributed by atoms with Gasteiger partial charge in [-0.05, 0) is 49.7 Å². The van der Waals surface area contributed by atoms with Gasteiger partial charge in [0.25, 0.3) is 0 Å². The molecule has 2 unspecified atom stereocenters. The zero-order chi connectivity index (χ0) is 15.9. The van der Waals surface area contributed by atoms with Crippen LogP contribution in [-0.2, 0) is 24.9 Å². The number of rotatable bonds is 4. The summed E-state index contributed by atoms with van der Waals surface area (Å²) in [7, 11) is 0. The maximum Gasteiger partial charge on any atom is 0.103 e. The topological polar surface area (TPSA) is 45.2 Å². The van der Waals surface area contributed by atoms with Crippen molar-refractivity contribution < 1.29 is 5.11 Å². The van der Waals surface area contributed by atoms with Crippen molar-refractivity contribution in [3.8, 4) is 0 Å². The third-order valence-corrected chi connectivity index (χ3v) is 6.62. The van der Waals surface area contributed by atoms with Crippen molar-refractivity contribution in [3.05, 3.63) is 51.0 Å². The zero-order valence-electron chi connectivity index (χ0n) is 13.6. The summed E-state index contributed by atoms with van der Waals surface area (Å²) in [5.41, 5.74) is 2.98. The fourth-order valence-electron chi connectivity index (χ4n) is 3.96. The lowest BCUT2D eigenvalue weighted by molar-refractivity contribution is 0.0353. The second-order valence-corrected chi connectivity index (χ2v) is 7.90. The van der Waals surface area contributed by atoms with E-state index in [0.29, 0.717) is 12.6 Å². The highest BCUT2D eigenvalue weighted by Crippen LogP contribution is 2.38. The van der Waals surface area contributed by atoms with Crippen LogP contribution in [0.25, 0.3) is 0 Å². The van der Waals surface area contributed by atoms with Gasteiger partial charge < -0.3 is 10.4 Å². The van der Waals surface area contributed by atoms with E-state index in [-0.39, 0.29) is 0 Å². The normalized spacial score (nSPS) is 26.1. The standard InChI is InChI=1S/C19H24N2OS/c1-2-17-21-16-9-5-8-15(18(16)23-17)20-12-19(22)11-10-13-6-3-4-7-14(13)19/h3-4,6-7,15,20,22H,2,5,8-12H2,1H3. The molecular formula is C19H24N2OS. The highest BCUT2D eigenvalue weighted by atomic mass is 32.1. The first-order valence-electron chi connectivity index (χ1n) is 8.72. The van der Waals surface area contributed by atoms with Gasteiger partial charge in [-0.25, -0.2) is 4.98 Å². The minimum atomic E-state index is -0.716. The van der Waals surface area contributed by atoms with Crippen molar-refractivity contribution in [1.82, 2.24) is 10.3 Å². The van der Waals surface area contributed by atoms with Gasteiger partial charge in [0.15, 0.2) is 0 Å². The van der Waals surface area contributed by atoms with E-state index in [1.807, 2.05) is 17.4 Å². The Hall–Kier alpha value is -1.23. The Kier molecular flexibility index (Phi) is 4.00. The van der Waals surface area contributed by atoms with Gasteiger partial charge in [0, 0.05) is 17.5 Å². The summed E-state index contributed by atoms with van der Waals surface area (Å²) in [5.74, 6) is 0. The van der Waals surface area contributed by atoms with E-state index in [1.165, 1.54) is 27.6 Å². The summed E-state index contributed by atoms with van der Waals surface area (Å²) in [4.78, 5) is 6.17. The summed E-state index contributed by atoms with van der Waals surface area (Å²) < 4.78 is 0. The molecule has 2 aliphatic rings. The number of aliphatic hydroxyl groups is 1. The van der Waals surface area contributed by atoms with Crippen LogP contribution < -0.4 is 5.32 Å². The van der Waals surface area contributed by atoms with E-state index >= 15 is 0 Å². The first-order valence-corrected chi connectivity index (χ1v) is 9.54. The van der Waals surface area contributed by atoms with Crippen LogP contribution in [0, 0.1) is 0 Å². The molecule has 0 saturated carbocycles. The fourth-order valence-corrected chi connectivity index (χ4v) is 5.12. The molecule has 0 fully saturated rings. The van der Waals surface area contributed by atoms with Crippen LogP contribution in [0.15, 0.2) is 24.3 Å². The Morgan fingerprint density at radius 3 is 3.09 bits per heavy atom. The number of nitrogens with zero attached hydrogens (tertiary/aromatic N) is 1. The summed E-state index contributed by atoms with van der Waals surface area (Å²) in [6.07, 6.45) is 6.26. The smallest absolute Gasteiger partial charge is 0.103 e. The average molecular weight is 328 g/mol. The molecule has 1 aromatic carbocycles. The Bertz CT molecular complexity index is 711. The Labute approximate surface area is 141 Å². The number of hydrogen-bond donors (Lipinski definition) is 2. The number of benzene rings is 1. The predicted octanol–water partition coefficient (Wildman–Crippen LogP) is 3.51. The van der Waals surface area contributed by atoms with Gasteiger partial charge in [-0.15, -0.1) is 11.3 Å². The van der Waals surface area contributed by atoms with Crippen LogP contribution in [0.3, 0.4) is 0 Å². The van der Waals surface area contributed by atoms with Crippen LogP contribution in [-0.4, -0.2) is 16.6 Å². The molecule has 1 aromatic heterocycles. The van der Waals surface area contributed by atoms with Crippen molar-refractivity contribution in [3.63, 3.8) is 0 Å². The maximum absolute atomic E-state index is 11.1. The van der Waals surface area contributed by atoms with Crippen LogP contribution in [0.1, 0.15) is 58.9 Å². The van der Waals surface area contributed by atoms with Crippen LogP contribution in [0.4, 0.5) is 0 Å². The van der Waals surface area contributed by atoms with Crippen molar-refractivity contribution in [2.75, 3.05) is 6.54 Å². The quantitative estimate of drug-likeness (QED) is 0.903. The molecule has 0 amide bonds. The molecule has 2 N–H and O–H groups in total. The van der Waals surface area contributed by atoms with Crippen LogP contribution >= 0.6 is 11.3 Å². The van der Waals surface area contributed by atoms with Gasteiger partial charge in [0.05, 0.1) is 10.7 Å². The fraction of sp³-hybridized carbons (Fsp3) is 0.526. The zero-order valence-corrected chi connectivity index (χ0v) is 14.5. The van der Waals surface area contributed by atoms with E-state index in [2.05, 4.69) is 30.4 Å². The molecule has 0 bridgehead atoms. The lowest BCUT2D eigenvalue weighted by atomic mass is 9.93. The van der Waals surface area contributed by atoms with Crippen molar-refractivity contribution in [2.24, 2.45) is 0 Å². The molecule has 122 valence electrons. The van der Waals surface area contributed by atoms with Crippen LogP contribution in [0.5, 0.6) is 0 Å². The first-order chi connectivity index (χ1) is 11.2. The number of thiazole rings is 1. The molecule has 0 spiro atoms. The van der Waals surface area contributed by atoms with E-state index in [4.69, 9.17) is 4.98 Å². The van der Waals surface area contributed by atoms with E-state index in [9.17, 15) is 5.11 Å². The van der Waals surface area contributed by atoms with Gasteiger partial charge in [-0.3, -0.25) is 0 Å². The number of nitrogens with one attached hydrogen (secondary N) is 1. The lowest BCUT2D eigenvalue weighted by Crippen LogP contribution is -2.38. The van der Waals surface area contributed by atoms with Crippen molar-refractivity contribution in [2.45, 2.75) is 57.1 Å². The molecule has 2 aliphatic carbocycles. The second-order valence-electron chi connectivity index (χ2n) is 6.79. The minimum Gasteiger partial charge on any atom is -0.384 e. The molecular weight excluding hydrogens is 304 g/mol. The number of fused-ring (bicyclic) bond motifs is 2. The Morgan fingerprint density at radius 1 is 1.35 bits per heavy atom. The van der Waals surface area contributed by atoms with Crippen LogP contribution in [0.2, 0.25) is 0 Å². The summed E-state index contributed by atoms with van der Waals surface area (Å²) in [5, 5.41) is 16.0. The maximum atomic E-state index is 11.1. The summed E-state index contributed by atoms with van der Waals surface area (Å²) in [6.45, 7) is 2.80. The number of aromatic nitrogens is 1. The van der Waals surface area contributed by atoms with E-state index in [0.717, 1.165) is 37.7 Å². The van der Waals surface area contributed by atoms with Gasteiger partial charge in [0.2, 0.25) is 0 Å². The van der Waals surface area contributed by atoms with Gasteiger partial charge in [-0.1, -0.05) is 31.2 Å². The average Bonchev–Trinajstić information content (AvgIpc) is 3.15. The van der Waals surface area contributed by atoms with Gasteiger partial charge in [-0.2, -0.15) is 0 Å². The minimum absolute atomic E-state index is 0.355.